The minimum Gasteiger partial charge on any atom is -0.478 e. The van der Waals surface area contributed by atoms with Gasteiger partial charge in [-0.2, -0.15) is 5.26 Å². The number of nitrogens with one attached hydrogen (secondary N) is 1. The molecule has 0 aliphatic carbocycles. The Morgan fingerprint density at radius 2 is 2.17 bits per heavy atom. The van der Waals surface area contributed by atoms with Gasteiger partial charge in [-0.3, -0.25) is 4.79 Å². The molecule has 2 N–H and O–H groups in total. The van der Waals surface area contributed by atoms with Crippen LogP contribution >= 0.6 is 0 Å². The minimum atomic E-state index is -1.08. The van der Waals surface area contributed by atoms with E-state index in [0.717, 1.165) is 23.1 Å². The monoisotopic (exact) mass is 398 g/mol. The Hall–Kier alpha value is -2.85. The van der Waals surface area contributed by atoms with Crippen LogP contribution in [0.4, 0.5) is 0 Å². The number of ether oxygens (including phenoxy) is 2. The van der Waals surface area contributed by atoms with Gasteiger partial charge in [0.25, 0.3) is 0 Å². The second kappa shape index (κ2) is 7.88. The fourth-order valence-electron chi connectivity index (χ4n) is 4.36. The number of aromatic carboxylic acids is 1. The Balaban J connectivity index is 2.33. The van der Waals surface area contributed by atoms with Crippen LogP contribution in [0.2, 0.25) is 0 Å². The molecule has 0 spiro atoms. The number of esters is 1. The van der Waals surface area contributed by atoms with Crippen molar-refractivity contribution >= 4 is 22.8 Å². The number of aryl methyl sites for hydroxylation is 1. The van der Waals surface area contributed by atoms with Gasteiger partial charge >= 0.3 is 11.9 Å². The van der Waals surface area contributed by atoms with E-state index in [0.29, 0.717) is 29.7 Å². The minimum absolute atomic E-state index is 0.00352. The van der Waals surface area contributed by atoms with Crippen molar-refractivity contribution in [1.82, 2.24) is 4.98 Å². The number of fused-ring (bicyclic) bond motifs is 3. The van der Waals surface area contributed by atoms with Crippen molar-refractivity contribution in [1.29, 1.82) is 5.26 Å². The predicted molar refractivity (Wildman–Crippen MR) is 107 cm³/mol. The van der Waals surface area contributed by atoms with Gasteiger partial charge in [0, 0.05) is 5.39 Å². The first-order valence-corrected chi connectivity index (χ1v) is 9.92. The van der Waals surface area contributed by atoms with Gasteiger partial charge in [-0.25, -0.2) is 4.79 Å². The van der Waals surface area contributed by atoms with Gasteiger partial charge in [0.15, 0.2) is 0 Å². The second-order valence-corrected chi connectivity index (χ2v) is 7.52. The van der Waals surface area contributed by atoms with E-state index in [1.807, 2.05) is 13.8 Å². The molecule has 1 aromatic carbocycles. The van der Waals surface area contributed by atoms with Gasteiger partial charge in [-0.1, -0.05) is 20.3 Å². The average molecular weight is 398 g/mol. The van der Waals surface area contributed by atoms with Gasteiger partial charge in [-0.15, -0.1) is 0 Å². The Labute approximate surface area is 169 Å². The number of hydrogen-bond donors (Lipinski definition) is 2. The molecule has 0 bridgehead atoms. The molecule has 0 radical (unpaired) electrons. The van der Waals surface area contributed by atoms with E-state index in [4.69, 9.17) is 9.47 Å². The summed E-state index contributed by atoms with van der Waals surface area (Å²) in [4.78, 5) is 27.5. The lowest BCUT2D eigenvalue weighted by atomic mass is 9.77. The number of hydrogen-bond acceptors (Lipinski definition) is 5. The predicted octanol–water partition coefficient (Wildman–Crippen LogP) is 3.81. The lowest BCUT2D eigenvalue weighted by Gasteiger charge is -2.41. The van der Waals surface area contributed by atoms with E-state index in [9.17, 15) is 20.0 Å². The van der Waals surface area contributed by atoms with E-state index < -0.39 is 11.6 Å². The van der Waals surface area contributed by atoms with Crippen LogP contribution < -0.4 is 0 Å². The van der Waals surface area contributed by atoms with Crippen LogP contribution in [0.15, 0.2) is 6.07 Å². The molecule has 1 aromatic heterocycles. The number of nitrogens with zero attached hydrogens (tertiary/aromatic N) is 1. The molecule has 0 saturated heterocycles. The largest absolute Gasteiger partial charge is 0.478 e. The number of carboxylic acid groups (broad SMARTS) is 1. The average Bonchev–Trinajstić information content (AvgIpc) is 3.09. The van der Waals surface area contributed by atoms with Crippen LogP contribution in [0.1, 0.15) is 66.4 Å². The van der Waals surface area contributed by atoms with E-state index in [-0.39, 0.29) is 30.5 Å². The topological polar surface area (TPSA) is 112 Å². The molecule has 2 atom stereocenters. The van der Waals surface area contributed by atoms with Crippen LogP contribution in [0, 0.1) is 24.2 Å². The number of rotatable bonds is 6. The molecule has 0 saturated carbocycles. The summed E-state index contributed by atoms with van der Waals surface area (Å²) in [5.41, 5.74) is 2.36. The van der Waals surface area contributed by atoms with Crippen molar-refractivity contribution in [2.75, 3.05) is 13.2 Å². The normalized spacial score (nSPS) is 19.4. The fraction of sp³-hybridized carbons (Fsp3) is 0.500. The molecule has 2 heterocycles. The Bertz CT molecular complexity index is 1020. The van der Waals surface area contributed by atoms with Crippen LogP contribution in [0.5, 0.6) is 0 Å². The van der Waals surface area contributed by atoms with Crippen LogP contribution in [0.3, 0.4) is 0 Å². The SMILES string of the molecule is CCOC(=O)C[C@]1(C(C)CC)OCCc2c1[nH]c1c(C)c(C(=O)O)cc(C#N)c21. The van der Waals surface area contributed by atoms with E-state index in [1.54, 1.807) is 13.8 Å². The molecule has 3 rings (SSSR count). The molecule has 2 aromatic rings. The quantitative estimate of drug-likeness (QED) is 0.716. The summed E-state index contributed by atoms with van der Waals surface area (Å²) < 4.78 is 11.5. The molecule has 7 nitrogen and oxygen atoms in total. The van der Waals surface area contributed by atoms with Gasteiger partial charge in [0.1, 0.15) is 5.60 Å². The van der Waals surface area contributed by atoms with E-state index in [2.05, 4.69) is 11.1 Å². The standard InChI is InChI=1S/C22H26N2O5/c1-5-12(3)22(10-17(25)28-6-2)20-15(7-8-29-22)18-14(11-23)9-16(21(26)27)13(4)19(18)24-20/h9,12,24H,5-8,10H2,1-4H3,(H,26,27)/t12?,22-/m1/s1. The Morgan fingerprint density at radius 1 is 1.45 bits per heavy atom. The molecular weight excluding hydrogens is 372 g/mol. The van der Waals surface area contributed by atoms with Crippen molar-refractivity contribution in [2.24, 2.45) is 5.92 Å². The van der Waals surface area contributed by atoms with Gasteiger partial charge < -0.3 is 19.6 Å². The number of carboxylic acids is 1. The number of aromatic nitrogens is 1. The smallest absolute Gasteiger partial charge is 0.336 e. The molecular formula is C22H26N2O5. The Morgan fingerprint density at radius 3 is 2.76 bits per heavy atom. The summed E-state index contributed by atoms with van der Waals surface area (Å²) in [5.74, 6) is -1.42. The van der Waals surface area contributed by atoms with Gasteiger partial charge in [0.2, 0.25) is 0 Å². The summed E-state index contributed by atoms with van der Waals surface area (Å²) >= 11 is 0. The molecule has 0 amide bonds. The van der Waals surface area contributed by atoms with Crippen LogP contribution in [0.25, 0.3) is 10.9 Å². The number of nitriles is 1. The molecule has 1 aliphatic rings. The number of carbonyl (C=O) groups excluding carboxylic acids is 1. The summed E-state index contributed by atoms with van der Waals surface area (Å²) in [7, 11) is 0. The zero-order valence-electron chi connectivity index (χ0n) is 17.2. The van der Waals surface area contributed by atoms with E-state index >= 15 is 0 Å². The lowest BCUT2D eigenvalue weighted by Crippen LogP contribution is -2.43. The molecule has 1 aliphatic heterocycles. The highest BCUT2D eigenvalue weighted by molar-refractivity contribution is 6.01. The van der Waals surface area contributed by atoms with E-state index in [1.165, 1.54) is 6.07 Å². The van der Waals surface area contributed by atoms with Gasteiger partial charge in [-0.05, 0) is 43.4 Å². The van der Waals surface area contributed by atoms with Crippen LogP contribution in [-0.2, 0) is 26.3 Å². The van der Waals surface area contributed by atoms with Crippen molar-refractivity contribution in [3.05, 3.63) is 34.0 Å². The first-order chi connectivity index (χ1) is 13.8. The molecule has 1 unspecified atom stereocenters. The summed E-state index contributed by atoms with van der Waals surface area (Å²) in [6.07, 6.45) is 1.41. The summed E-state index contributed by atoms with van der Waals surface area (Å²) in [6.45, 7) is 8.25. The molecule has 7 heteroatoms. The Kier molecular flexibility index (Phi) is 5.67. The van der Waals surface area contributed by atoms with Crippen molar-refractivity contribution < 1.29 is 24.2 Å². The third-order valence-corrected chi connectivity index (χ3v) is 6.05. The van der Waals surface area contributed by atoms with Crippen LogP contribution in [-0.4, -0.2) is 35.2 Å². The maximum Gasteiger partial charge on any atom is 0.336 e. The molecule has 29 heavy (non-hydrogen) atoms. The summed E-state index contributed by atoms with van der Waals surface area (Å²) in [6, 6.07) is 3.57. The highest BCUT2D eigenvalue weighted by Gasteiger charge is 2.46. The maximum absolute atomic E-state index is 12.4. The first kappa shape index (κ1) is 20.9. The zero-order valence-corrected chi connectivity index (χ0v) is 17.2. The number of H-pyrrole nitrogens is 1. The van der Waals surface area contributed by atoms with Crippen molar-refractivity contribution in [2.45, 2.75) is 52.6 Å². The van der Waals surface area contributed by atoms with Crippen molar-refractivity contribution in [3.8, 4) is 6.07 Å². The van der Waals surface area contributed by atoms with Gasteiger partial charge in [0.05, 0.1) is 48.0 Å². The maximum atomic E-state index is 12.4. The number of benzene rings is 1. The number of aromatic amines is 1. The second-order valence-electron chi connectivity index (χ2n) is 7.52. The zero-order chi connectivity index (χ0) is 21.3. The summed E-state index contributed by atoms with van der Waals surface area (Å²) in [5, 5.41) is 20.0. The van der Waals surface area contributed by atoms with Crippen molar-refractivity contribution in [3.63, 3.8) is 0 Å². The third kappa shape index (κ3) is 3.28. The molecule has 0 fully saturated rings. The number of carbonyl (C=O) groups is 2. The highest BCUT2D eigenvalue weighted by atomic mass is 16.5. The first-order valence-electron chi connectivity index (χ1n) is 9.92. The molecule has 154 valence electrons. The highest BCUT2D eigenvalue weighted by Crippen LogP contribution is 2.46. The lowest BCUT2D eigenvalue weighted by molar-refractivity contribution is -0.160. The third-order valence-electron chi connectivity index (χ3n) is 6.05. The fourth-order valence-corrected chi connectivity index (χ4v) is 4.36.